The topological polar surface area (TPSA) is 57.6 Å². The molecule has 0 aromatic rings. The molecular weight excluding hydrogens is 238 g/mol. The number of rotatable bonds is 4. The second-order valence-electron chi connectivity index (χ2n) is 3.40. The van der Waals surface area contributed by atoms with Crippen LogP contribution >= 0.6 is 0 Å². The number of aliphatic hydroxyl groups excluding tert-OH is 1. The first-order valence-corrected chi connectivity index (χ1v) is 6.15. The SMILES string of the molecule is C=C/C=C1/C=C(CO)CN([SH](=O)=O)/C1=C/C=C. The van der Waals surface area contributed by atoms with Gasteiger partial charge in [-0.1, -0.05) is 31.4 Å². The smallest absolute Gasteiger partial charge is 0.225 e. The summed E-state index contributed by atoms with van der Waals surface area (Å²) < 4.78 is 23.6. The molecule has 1 heterocycles. The van der Waals surface area contributed by atoms with E-state index in [1.54, 1.807) is 24.3 Å². The molecule has 0 aromatic carbocycles. The van der Waals surface area contributed by atoms with Gasteiger partial charge in [0.1, 0.15) is 0 Å². The zero-order valence-corrected chi connectivity index (χ0v) is 10.3. The van der Waals surface area contributed by atoms with Gasteiger partial charge in [0.15, 0.2) is 0 Å². The van der Waals surface area contributed by atoms with Crippen LogP contribution in [0.2, 0.25) is 0 Å². The average Bonchev–Trinajstić information content (AvgIpc) is 2.31. The summed E-state index contributed by atoms with van der Waals surface area (Å²) >= 11 is 0. The standard InChI is InChI=1S/C12H15NO3S/c1-3-5-11-7-10(9-14)8-13(17(15)16)12(11)6-4-2/h3-7,14,17H,1-2,8-9H2/b11-5-,12-6+. The molecule has 0 amide bonds. The third-order valence-corrected chi connectivity index (χ3v) is 3.01. The third kappa shape index (κ3) is 3.18. The zero-order chi connectivity index (χ0) is 12.8. The van der Waals surface area contributed by atoms with Crippen molar-refractivity contribution in [3.05, 3.63) is 60.4 Å². The largest absolute Gasteiger partial charge is 0.392 e. The van der Waals surface area contributed by atoms with Crippen LogP contribution in [0.1, 0.15) is 0 Å². The zero-order valence-electron chi connectivity index (χ0n) is 9.37. The fraction of sp³-hybridized carbons (Fsp3) is 0.167. The first-order chi connectivity index (χ1) is 8.13. The highest BCUT2D eigenvalue weighted by atomic mass is 32.2. The Balaban J connectivity index is 3.33. The summed E-state index contributed by atoms with van der Waals surface area (Å²) in [5.74, 6) is 0. The van der Waals surface area contributed by atoms with Gasteiger partial charge in [0.25, 0.3) is 0 Å². The summed E-state index contributed by atoms with van der Waals surface area (Å²) in [5, 5.41) is 9.11. The van der Waals surface area contributed by atoms with Gasteiger partial charge in [-0.15, -0.1) is 0 Å². The molecule has 0 unspecified atom stereocenters. The lowest BCUT2D eigenvalue weighted by Gasteiger charge is -2.27. The second kappa shape index (κ2) is 6.22. The molecule has 1 aliphatic heterocycles. The minimum Gasteiger partial charge on any atom is -0.392 e. The number of nitrogens with zero attached hydrogens (tertiary/aromatic N) is 1. The van der Waals surface area contributed by atoms with E-state index in [4.69, 9.17) is 5.11 Å². The lowest BCUT2D eigenvalue weighted by Crippen LogP contribution is -2.29. The molecule has 4 nitrogen and oxygen atoms in total. The Bertz CT molecular complexity index is 476. The molecule has 1 N–H and O–H groups in total. The van der Waals surface area contributed by atoms with E-state index < -0.39 is 10.9 Å². The number of allylic oxidation sites excluding steroid dienone is 5. The van der Waals surface area contributed by atoms with Crippen molar-refractivity contribution in [3.8, 4) is 0 Å². The first kappa shape index (κ1) is 13.5. The number of thiol groups is 1. The molecule has 1 aliphatic rings. The Hall–Kier alpha value is -1.59. The van der Waals surface area contributed by atoms with E-state index in [-0.39, 0.29) is 13.2 Å². The minimum atomic E-state index is -2.75. The van der Waals surface area contributed by atoms with Gasteiger partial charge in [0.2, 0.25) is 10.9 Å². The van der Waals surface area contributed by atoms with Crippen LogP contribution in [0.4, 0.5) is 0 Å². The van der Waals surface area contributed by atoms with Crippen LogP contribution < -0.4 is 0 Å². The summed E-state index contributed by atoms with van der Waals surface area (Å²) in [6.07, 6.45) is 8.16. The maximum atomic E-state index is 11.2. The Labute approximate surface area is 103 Å². The average molecular weight is 253 g/mol. The molecule has 92 valence electrons. The van der Waals surface area contributed by atoms with Crippen molar-refractivity contribution < 1.29 is 13.5 Å². The molecule has 0 aromatic heterocycles. The van der Waals surface area contributed by atoms with E-state index in [1.807, 2.05) is 0 Å². The molecule has 0 atom stereocenters. The van der Waals surface area contributed by atoms with Crippen molar-refractivity contribution in [2.45, 2.75) is 0 Å². The van der Waals surface area contributed by atoms with Crippen molar-refractivity contribution >= 4 is 10.9 Å². The van der Waals surface area contributed by atoms with Crippen molar-refractivity contribution in [1.29, 1.82) is 0 Å². The number of hydrogen-bond donors (Lipinski definition) is 2. The predicted octanol–water partition coefficient (Wildman–Crippen LogP) is 0.929. The van der Waals surface area contributed by atoms with Crippen LogP contribution in [-0.2, 0) is 10.9 Å². The molecule has 0 radical (unpaired) electrons. The molecule has 0 spiro atoms. The predicted molar refractivity (Wildman–Crippen MR) is 68.7 cm³/mol. The summed E-state index contributed by atoms with van der Waals surface area (Å²) in [6.45, 7) is 7.14. The Morgan fingerprint density at radius 3 is 2.47 bits per heavy atom. The molecule has 1 rings (SSSR count). The van der Waals surface area contributed by atoms with Crippen molar-refractivity contribution in [2.24, 2.45) is 0 Å². The van der Waals surface area contributed by atoms with E-state index in [9.17, 15) is 8.42 Å². The van der Waals surface area contributed by atoms with Crippen LogP contribution in [-0.4, -0.2) is 31.0 Å². The molecule has 0 saturated heterocycles. The van der Waals surface area contributed by atoms with Gasteiger partial charge in [0.05, 0.1) is 18.8 Å². The van der Waals surface area contributed by atoms with Crippen molar-refractivity contribution in [1.82, 2.24) is 4.31 Å². The van der Waals surface area contributed by atoms with Gasteiger partial charge in [-0.25, -0.2) is 8.42 Å². The van der Waals surface area contributed by atoms with Crippen LogP contribution in [0.5, 0.6) is 0 Å². The number of aliphatic hydroxyl groups is 1. The molecule has 0 fully saturated rings. The fourth-order valence-electron chi connectivity index (χ4n) is 1.56. The Kier molecular flexibility index (Phi) is 4.93. The summed E-state index contributed by atoms with van der Waals surface area (Å²) in [7, 11) is -2.75. The van der Waals surface area contributed by atoms with Gasteiger partial charge in [0, 0.05) is 0 Å². The highest BCUT2D eigenvalue weighted by molar-refractivity contribution is 7.70. The lowest BCUT2D eigenvalue weighted by molar-refractivity contribution is 0.320. The minimum absolute atomic E-state index is 0.170. The van der Waals surface area contributed by atoms with Crippen LogP contribution in [0, 0.1) is 0 Å². The Morgan fingerprint density at radius 2 is 2.00 bits per heavy atom. The fourth-order valence-corrected chi connectivity index (χ4v) is 2.22. The van der Waals surface area contributed by atoms with Crippen molar-refractivity contribution in [3.63, 3.8) is 0 Å². The summed E-state index contributed by atoms with van der Waals surface area (Å²) in [4.78, 5) is 0. The van der Waals surface area contributed by atoms with E-state index in [2.05, 4.69) is 13.2 Å². The summed E-state index contributed by atoms with van der Waals surface area (Å²) in [5.41, 5.74) is 1.86. The van der Waals surface area contributed by atoms with Crippen LogP contribution in [0.15, 0.2) is 60.4 Å². The maximum Gasteiger partial charge on any atom is 0.225 e. The van der Waals surface area contributed by atoms with Gasteiger partial charge < -0.3 is 5.11 Å². The molecular formula is C12H15NO3S. The van der Waals surface area contributed by atoms with Gasteiger partial charge in [-0.3, -0.25) is 4.31 Å². The van der Waals surface area contributed by atoms with Crippen molar-refractivity contribution in [2.75, 3.05) is 13.2 Å². The second-order valence-corrected chi connectivity index (χ2v) is 4.36. The van der Waals surface area contributed by atoms with Gasteiger partial charge in [-0.05, 0) is 23.3 Å². The molecule has 17 heavy (non-hydrogen) atoms. The van der Waals surface area contributed by atoms with Gasteiger partial charge >= 0.3 is 0 Å². The quantitative estimate of drug-likeness (QED) is 0.733. The molecule has 0 bridgehead atoms. The molecule has 0 aliphatic carbocycles. The summed E-state index contributed by atoms with van der Waals surface area (Å²) in [6, 6.07) is 0. The van der Waals surface area contributed by atoms with E-state index >= 15 is 0 Å². The maximum absolute atomic E-state index is 11.2. The van der Waals surface area contributed by atoms with Gasteiger partial charge in [-0.2, -0.15) is 0 Å². The van der Waals surface area contributed by atoms with E-state index in [0.29, 0.717) is 16.8 Å². The Morgan fingerprint density at radius 1 is 1.35 bits per heavy atom. The monoisotopic (exact) mass is 253 g/mol. The normalized spacial score (nSPS) is 20.8. The highest BCUT2D eigenvalue weighted by Gasteiger charge is 2.20. The van der Waals surface area contributed by atoms with Crippen LogP contribution in [0.3, 0.4) is 0 Å². The lowest BCUT2D eigenvalue weighted by atomic mass is 10.0. The van der Waals surface area contributed by atoms with E-state index in [1.165, 1.54) is 10.4 Å². The number of hydrogen-bond acceptors (Lipinski definition) is 3. The molecule has 0 saturated carbocycles. The van der Waals surface area contributed by atoms with Crippen LogP contribution in [0.25, 0.3) is 0 Å². The van der Waals surface area contributed by atoms with E-state index in [0.717, 1.165) is 0 Å². The first-order valence-electron chi connectivity index (χ1n) is 5.02. The highest BCUT2D eigenvalue weighted by Crippen LogP contribution is 2.25. The third-order valence-electron chi connectivity index (χ3n) is 2.26. The molecule has 5 heteroatoms.